The first-order chi connectivity index (χ1) is 7.58. The van der Waals surface area contributed by atoms with Gasteiger partial charge in [-0.25, -0.2) is 4.79 Å². The predicted molar refractivity (Wildman–Crippen MR) is 52.5 cm³/mol. The first-order valence-electron chi connectivity index (χ1n) is 4.70. The number of carbonyl (C=O) groups excluding carboxylic acids is 1. The van der Waals surface area contributed by atoms with Crippen molar-refractivity contribution in [3.8, 4) is 5.88 Å². The van der Waals surface area contributed by atoms with Gasteiger partial charge in [0.2, 0.25) is 5.88 Å². The molecule has 0 unspecified atom stereocenters. The summed E-state index contributed by atoms with van der Waals surface area (Å²) in [5.41, 5.74) is -1.61. The van der Waals surface area contributed by atoms with Crippen molar-refractivity contribution in [2.24, 2.45) is 0 Å². The van der Waals surface area contributed by atoms with Crippen LogP contribution < -0.4 is 10.1 Å². The molecule has 0 saturated heterocycles. The number of carbonyl (C=O) groups is 1. The molecule has 0 saturated carbocycles. The number of aromatic nitrogens is 2. The number of rotatable bonds is 1. The fraction of sp³-hybridized carbons (Fsp3) is 0.556. The minimum atomic E-state index is -4.55. The van der Waals surface area contributed by atoms with E-state index >= 15 is 0 Å². The standard InChI is InChI=1S/C9H12F3N3O2/c1-8(2,3)13-7(16)17-6-4-5(14-15-6)9(10,11)12/h4H,1-3H3,(H,13,16)(H,14,15). The second-order valence-corrected chi connectivity index (χ2v) is 4.38. The summed E-state index contributed by atoms with van der Waals surface area (Å²) in [5, 5.41) is 7.38. The van der Waals surface area contributed by atoms with Crippen LogP contribution in [0.4, 0.5) is 18.0 Å². The molecule has 0 aliphatic rings. The summed E-state index contributed by atoms with van der Waals surface area (Å²) in [6.45, 7) is 5.12. The molecule has 2 N–H and O–H groups in total. The van der Waals surface area contributed by atoms with E-state index < -0.39 is 29.4 Å². The Balaban J connectivity index is 2.65. The van der Waals surface area contributed by atoms with E-state index in [-0.39, 0.29) is 0 Å². The smallest absolute Gasteiger partial charge is 0.390 e. The molecule has 1 heterocycles. The number of hydrogen-bond donors (Lipinski definition) is 2. The third kappa shape index (κ3) is 4.33. The number of ether oxygens (including phenoxy) is 1. The van der Waals surface area contributed by atoms with Gasteiger partial charge in [-0.2, -0.15) is 13.2 Å². The highest BCUT2D eigenvalue weighted by atomic mass is 19.4. The minimum absolute atomic E-state index is 0.431. The van der Waals surface area contributed by atoms with Crippen LogP contribution in [0.3, 0.4) is 0 Å². The zero-order valence-electron chi connectivity index (χ0n) is 9.47. The molecule has 0 fully saturated rings. The molecule has 1 rings (SSSR count). The van der Waals surface area contributed by atoms with Crippen molar-refractivity contribution < 1.29 is 22.7 Å². The predicted octanol–water partition coefficient (Wildman–Crippen LogP) is 2.32. The number of nitrogens with zero attached hydrogens (tertiary/aromatic N) is 1. The number of nitrogens with one attached hydrogen (secondary N) is 2. The molecule has 96 valence electrons. The average molecular weight is 251 g/mol. The van der Waals surface area contributed by atoms with Crippen molar-refractivity contribution in [1.82, 2.24) is 15.5 Å². The molecule has 0 spiro atoms. The van der Waals surface area contributed by atoms with Gasteiger partial charge in [-0.3, -0.25) is 5.10 Å². The SMILES string of the molecule is CC(C)(C)NC(=O)Oc1cc(C(F)(F)F)[nH]n1. The topological polar surface area (TPSA) is 67.0 Å². The second-order valence-electron chi connectivity index (χ2n) is 4.38. The van der Waals surface area contributed by atoms with Crippen LogP contribution in [0.2, 0.25) is 0 Å². The molecule has 0 atom stereocenters. The van der Waals surface area contributed by atoms with Gasteiger partial charge in [-0.1, -0.05) is 0 Å². The average Bonchev–Trinajstić information content (AvgIpc) is 2.47. The zero-order chi connectivity index (χ0) is 13.3. The van der Waals surface area contributed by atoms with Crippen molar-refractivity contribution in [3.05, 3.63) is 11.8 Å². The first-order valence-corrected chi connectivity index (χ1v) is 4.70. The fourth-order valence-electron chi connectivity index (χ4n) is 0.928. The van der Waals surface area contributed by atoms with Gasteiger partial charge in [0, 0.05) is 11.6 Å². The van der Waals surface area contributed by atoms with Gasteiger partial charge in [0.25, 0.3) is 0 Å². The summed E-state index contributed by atoms with van der Waals surface area (Å²) >= 11 is 0. The molecule has 1 aromatic heterocycles. The maximum Gasteiger partial charge on any atom is 0.432 e. The van der Waals surface area contributed by atoms with E-state index in [2.05, 4.69) is 15.2 Å². The number of H-pyrrole nitrogens is 1. The van der Waals surface area contributed by atoms with Crippen LogP contribution in [0.1, 0.15) is 26.5 Å². The lowest BCUT2D eigenvalue weighted by Gasteiger charge is -2.19. The number of alkyl halides is 3. The number of hydrogen-bond acceptors (Lipinski definition) is 3. The third-order valence-electron chi connectivity index (χ3n) is 1.53. The lowest BCUT2D eigenvalue weighted by atomic mass is 10.1. The molecular weight excluding hydrogens is 239 g/mol. The van der Waals surface area contributed by atoms with Crippen LogP contribution in [0.25, 0.3) is 0 Å². The molecule has 1 aromatic rings. The Morgan fingerprint density at radius 1 is 1.41 bits per heavy atom. The van der Waals surface area contributed by atoms with Gasteiger partial charge >= 0.3 is 12.3 Å². The molecule has 1 amide bonds. The molecule has 0 aromatic carbocycles. The summed E-state index contributed by atoms with van der Waals surface area (Å²) in [5.74, 6) is -0.431. The lowest BCUT2D eigenvalue weighted by molar-refractivity contribution is -0.141. The van der Waals surface area contributed by atoms with E-state index in [0.717, 1.165) is 0 Å². The molecule has 0 bridgehead atoms. The Bertz CT molecular complexity index is 406. The lowest BCUT2D eigenvalue weighted by Crippen LogP contribution is -2.42. The first kappa shape index (κ1) is 13.3. The molecule has 0 aliphatic heterocycles. The normalized spacial score (nSPS) is 12.4. The van der Waals surface area contributed by atoms with Gasteiger partial charge in [-0.05, 0) is 20.8 Å². The third-order valence-corrected chi connectivity index (χ3v) is 1.53. The summed E-state index contributed by atoms with van der Waals surface area (Å²) in [6.07, 6.45) is -5.41. The second kappa shape index (κ2) is 4.27. The highest BCUT2D eigenvalue weighted by Gasteiger charge is 2.33. The van der Waals surface area contributed by atoms with Crippen molar-refractivity contribution >= 4 is 6.09 Å². The summed E-state index contributed by atoms with van der Waals surface area (Å²) in [6, 6.07) is 0.613. The van der Waals surface area contributed by atoms with Gasteiger partial charge < -0.3 is 10.1 Å². The number of amides is 1. The quantitative estimate of drug-likeness (QED) is 0.804. The summed E-state index contributed by atoms with van der Waals surface area (Å²) < 4.78 is 41.1. The van der Waals surface area contributed by atoms with Gasteiger partial charge in [0.15, 0.2) is 0 Å². The molecule has 8 heteroatoms. The van der Waals surface area contributed by atoms with Crippen molar-refractivity contribution in [2.45, 2.75) is 32.5 Å². The molecule has 0 radical (unpaired) electrons. The Morgan fingerprint density at radius 3 is 2.41 bits per heavy atom. The Kier molecular flexibility index (Phi) is 3.35. The van der Waals surface area contributed by atoms with Crippen molar-refractivity contribution in [3.63, 3.8) is 0 Å². The van der Waals surface area contributed by atoms with Gasteiger partial charge in [-0.15, -0.1) is 5.10 Å². The molecular formula is C9H12F3N3O2. The maximum atomic E-state index is 12.2. The minimum Gasteiger partial charge on any atom is -0.390 e. The van der Waals surface area contributed by atoms with Crippen molar-refractivity contribution in [1.29, 1.82) is 0 Å². The van der Waals surface area contributed by atoms with Crippen LogP contribution >= 0.6 is 0 Å². The summed E-state index contributed by atoms with van der Waals surface area (Å²) in [7, 11) is 0. The van der Waals surface area contributed by atoms with Crippen LogP contribution in [-0.4, -0.2) is 21.8 Å². The maximum absolute atomic E-state index is 12.2. The van der Waals surface area contributed by atoms with Gasteiger partial charge in [0.05, 0.1) is 0 Å². The van der Waals surface area contributed by atoms with E-state index in [4.69, 9.17) is 0 Å². The van der Waals surface area contributed by atoms with Gasteiger partial charge in [0.1, 0.15) is 5.69 Å². The van der Waals surface area contributed by atoms with Crippen LogP contribution in [0.5, 0.6) is 5.88 Å². The molecule has 0 aliphatic carbocycles. The van der Waals surface area contributed by atoms with E-state index in [0.29, 0.717) is 6.07 Å². The number of aromatic amines is 1. The van der Waals surface area contributed by atoms with Crippen LogP contribution in [0, 0.1) is 0 Å². The highest BCUT2D eigenvalue weighted by molar-refractivity contribution is 5.70. The Hall–Kier alpha value is -1.73. The van der Waals surface area contributed by atoms with E-state index in [1.165, 1.54) is 0 Å². The monoisotopic (exact) mass is 251 g/mol. The highest BCUT2D eigenvalue weighted by Crippen LogP contribution is 2.29. The van der Waals surface area contributed by atoms with Crippen molar-refractivity contribution in [2.75, 3.05) is 0 Å². The van der Waals surface area contributed by atoms with Crippen LogP contribution in [0.15, 0.2) is 6.07 Å². The Morgan fingerprint density at radius 2 is 2.00 bits per heavy atom. The summed E-state index contributed by atoms with van der Waals surface area (Å²) in [4.78, 5) is 11.2. The van der Waals surface area contributed by atoms with E-state index in [1.54, 1.807) is 25.9 Å². The Labute approximate surface area is 95.3 Å². The van der Waals surface area contributed by atoms with Crippen LogP contribution in [-0.2, 0) is 6.18 Å². The molecule has 5 nitrogen and oxygen atoms in total. The zero-order valence-corrected chi connectivity index (χ0v) is 9.47. The van der Waals surface area contributed by atoms with E-state index in [9.17, 15) is 18.0 Å². The molecule has 17 heavy (non-hydrogen) atoms. The largest absolute Gasteiger partial charge is 0.432 e. The fourth-order valence-corrected chi connectivity index (χ4v) is 0.928. The van der Waals surface area contributed by atoms with E-state index in [1.807, 2.05) is 0 Å². The number of halogens is 3.